The largest absolute Gasteiger partial charge is 0.465 e. The summed E-state index contributed by atoms with van der Waals surface area (Å²) in [6.45, 7) is -0.0201. The van der Waals surface area contributed by atoms with Gasteiger partial charge in [0.25, 0.3) is 0 Å². The van der Waals surface area contributed by atoms with Gasteiger partial charge in [-0.25, -0.2) is 14.0 Å². The molecule has 2 atom stereocenters. The number of carbonyl (C=O) groups is 2. The first kappa shape index (κ1) is 17.0. The van der Waals surface area contributed by atoms with Crippen molar-refractivity contribution in [2.45, 2.75) is 43.7 Å². The normalized spacial score (nSPS) is 25.4. The lowest BCUT2D eigenvalue weighted by molar-refractivity contribution is 0.0110. The highest BCUT2D eigenvalue weighted by Crippen LogP contribution is 2.44. The standard InChI is InChI=1S/C16H18BrFN2O4/c17-11-4-1-5-12(18)13(11)19-14(21)24-9-16-7-2-3-10(6-8-16)20(16)15(22)23/h1,4-5,10H,2-3,6-9H2,(H,19,21)(H,22,23). The first-order valence-corrected chi connectivity index (χ1v) is 8.62. The topological polar surface area (TPSA) is 78.9 Å². The molecule has 0 spiro atoms. The summed E-state index contributed by atoms with van der Waals surface area (Å²) in [7, 11) is 0. The summed E-state index contributed by atoms with van der Waals surface area (Å²) >= 11 is 3.17. The zero-order valence-corrected chi connectivity index (χ0v) is 14.5. The van der Waals surface area contributed by atoms with Gasteiger partial charge in [-0.05, 0) is 60.2 Å². The molecular weight excluding hydrogens is 383 g/mol. The van der Waals surface area contributed by atoms with E-state index in [1.165, 1.54) is 17.0 Å². The summed E-state index contributed by atoms with van der Waals surface area (Å²) in [5, 5.41) is 11.8. The van der Waals surface area contributed by atoms with E-state index in [4.69, 9.17) is 4.74 Å². The van der Waals surface area contributed by atoms with Crippen molar-refractivity contribution in [3.8, 4) is 0 Å². The minimum absolute atomic E-state index is 0.00281. The maximum Gasteiger partial charge on any atom is 0.411 e. The van der Waals surface area contributed by atoms with Gasteiger partial charge in [0.1, 0.15) is 12.4 Å². The molecule has 1 aromatic rings. The summed E-state index contributed by atoms with van der Waals surface area (Å²) in [4.78, 5) is 25.0. The number of nitrogens with zero attached hydrogens (tertiary/aromatic N) is 1. The Morgan fingerprint density at radius 2 is 2.21 bits per heavy atom. The summed E-state index contributed by atoms with van der Waals surface area (Å²) in [6.07, 6.45) is 2.14. The fourth-order valence-corrected chi connectivity index (χ4v) is 4.23. The first-order valence-electron chi connectivity index (χ1n) is 7.83. The van der Waals surface area contributed by atoms with E-state index in [0.29, 0.717) is 17.3 Å². The van der Waals surface area contributed by atoms with Crippen molar-refractivity contribution in [3.63, 3.8) is 0 Å². The molecule has 2 amide bonds. The third kappa shape index (κ3) is 3.07. The first-order chi connectivity index (χ1) is 11.4. The lowest BCUT2D eigenvalue weighted by Gasteiger charge is -2.42. The van der Waals surface area contributed by atoms with Crippen LogP contribution < -0.4 is 5.32 Å². The molecule has 2 aliphatic heterocycles. The lowest BCUT2D eigenvalue weighted by Crippen LogP contribution is -2.55. The predicted molar refractivity (Wildman–Crippen MR) is 88.5 cm³/mol. The van der Waals surface area contributed by atoms with Crippen molar-refractivity contribution < 1.29 is 23.8 Å². The van der Waals surface area contributed by atoms with Gasteiger partial charge in [0.15, 0.2) is 0 Å². The van der Waals surface area contributed by atoms with Gasteiger partial charge >= 0.3 is 12.2 Å². The Kier molecular flexibility index (Phi) is 4.67. The average Bonchev–Trinajstić information content (AvgIpc) is 2.76. The quantitative estimate of drug-likeness (QED) is 0.796. The van der Waals surface area contributed by atoms with Crippen molar-refractivity contribution in [1.29, 1.82) is 0 Å². The molecule has 2 bridgehead atoms. The third-order valence-electron chi connectivity index (χ3n) is 4.87. The van der Waals surface area contributed by atoms with Crippen molar-refractivity contribution in [2.75, 3.05) is 11.9 Å². The number of rotatable bonds is 3. The third-order valence-corrected chi connectivity index (χ3v) is 5.53. The fraction of sp³-hybridized carbons (Fsp3) is 0.500. The van der Waals surface area contributed by atoms with Crippen LogP contribution in [0.5, 0.6) is 0 Å². The molecule has 2 heterocycles. The van der Waals surface area contributed by atoms with Crippen molar-refractivity contribution in [1.82, 2.24) is 4.90 Å². The van der Waals surface area contributed by atoms with Crippen LogP contribution in [-0.4, -0.2) is 40.4 Å². The van der Waals surface area contributed by atoms with Gasteiger partial charge in [0.05, 0.1) is 11.2 Å². The molecule has 2 saturated heterocycles. The Hall–Kier alpha value is -1.83. The minimum atomic E-state index is -0.974. The van der Waals surface area contributed by atoms with Crippen LogP contribution in [0.1, 0.15) is 32.1 Å². The van der Waals surface area contributed by atoms with Gasteiger partial charge in [0, 0.05) is 10.5 Å². The number of benzene rings is 1. The van der Waals surface area contributed by atoms with Crippen molar-refractivity contribution in [2.24, 2.45) is 0 Å². The van der Waals surface area contributed by atoms with Gasteiger partial charge < -0.3 is 9.84 Å². The highest BCUT2D eigenvalue weighted by Gasteiger charge is 2.52. The smallest absolute Gasteiger partial charge is 0.411 e. The highest BCUT2D eigenvalue weighted by atomic mass is 79.9. The number of anilines is 1. The predicted octanol–water partition coefficient (Wildman–Crippen LogP) is 4.20. The number of amides is 2. The van der Waals surface area contributed by atoms with Crippen LogP contribution in [-0.2, 0) is 4.74 Å². The van der Waals surface area contributed by atoms with Gasteiger partial charge in [-0.2, -0.15) is 0 Å². The van der Waals surface area contributed by atoms with Gasteiger partial charge in [-0.3, -0.25) is 10.2 Å². The van der Waals surface area contributed by atoms with Crippen LogP contribution in [0.3, 0.4) is 0 Å². The number of para-hydroxylation sites is 1. The molecule has 2 N–H and O–H groups in total. The molecule has 1 aromatic carbocycles. The average molecular weight is 401 g/mol. The maximum atomic E-state index is 13.7. The van der Waals surface area contributed by atoms with E-state index in [-0.39, 0.29) is 18.3 Å². The number of carboxylic acid groups (broad SMARTS) is 1. The molecule has 0 aromatic heterocycles. The van der Waals surface area contributed by atoms with E-state index in [2.05, 4.69) is 21.2 Å². The van der Waals surface area contributed by atoms with Gasteiger partial charge in [-0.15, -0.1) is 0 Å². The van der Waals surface area contributed by atoms with Crippen molar-refractivity contribution in [3.05, 3.63) is 28.5 Å². The zero-order chi connectivity index (χ0) is 17.3. The van der Waals surface area contributed by atoms with Crippen LogP contribution in [0.4, 0.5) is 19.7 Å². The second-order valence-electron chi connectivity index (χ2n) is 6.26. The van der Waals surface area contributed by atoms with Gasteiger partial charge in [0.2, 0.25) is 0 Å². The maximum absolute atomic E-state index is 13.7. The SMILES string of the molecule is O=C(Nc1c(F)cccc1Br)OCC12CCCC(CC1)N2C(=O)O. The number of carbonyl (C=O) groups excluding carboxylic acids is 1. The molecule has 2 aliphatic rings. The van der Waals surface area contributed by atoms with Gasteiger partial charge in [-0.1, -0.05) is 6.07 Å². The number of piperidine rings is 1. The van der Waals surface area contributed by atoms with Crippen LogP contribution in [0.2, 0.25) is 0 Å². The van der Waals surface area contributed by atoms with Crippen molar-refractivity contribution >= 4 is 33.8 Å². The Balaban J connectivity index is 1.66. The molecule has 3 rings (SSSR count). The molecule has 0 saturated carbocycles. The molecule has 8 heteroatoms. The van der Waals surface area contributed by atoms with E-state index >= 15 is 0 Å². The Morgan fingerprint density at radius 1 is 1.42 bits per heavy atom. The number of hydrogen-bond acceptors (Lipinski definition) is 3. The zero-order valence-electron chi connectivity index (χ0n) is 12.9. The number of fused-ring (bicyclic) bond motifs is 2. The minimum Gasteiger partial charge on any atom is -0.465 e. The molecular formula is C16H18BrFN2O4. The van der Waals surface area contributed by atoms with E-state index < -0.39 is 23.5 Å². The van der Waals surface area contributed by atoms with Crippen LogP contribution in [0, 0.1) is 5.82 Å². The summed E-state index contributed by atoms with van der Waals surface area (Å²) in [5.74, 6) is -0.578. The van der Waals surface area contributed by atoms with Crippen LogP contribution >= 0.6 is 15.9 Å². The van der Waals surface area contributed by atoms with Crippen LogP contribution in [0.15, 0.2) is 22.7 Å². The summed E-state index contributed by atoms with van der Waals surface area (Å²) < 4.78 is 19.4. The molecule has 0 aliphatic carbocycles. The fourth-order valence-electron chi connectivity index (χ4n) is 3.79. The Labute approximate surface area is 147 Å². The molecule has 24 heavy (non-hydrogen) atoms. The second-order valence-corrected chi connectivity index (χ2v) is 7.11. The summed E-state index contributed by atoms with van der Waals surface area (Å²) in [5.41, 5.74) is -0.651. The number of halogens is 2. The van der Waals surface area contributed by atoms with E-state index in [1.807, 2.05) is 0 Å². The number of hydrogen-bond donors (Lipinski definition) is 2. The summed E-state index contributed by atoms with van der Waals surface area (Å²) in [6, 6.07) is 4.35. The Morgan fingerprint density at radius 3 is 2.92 bits per heavy atom. The molecule has 2 fully saturated rings. The lowest BCUT2D eigenvalue weighted by atomic mass is 9.89. The molecule has 2 unspecified atom stereocenters. The molecule has 6 nitrogen and oxygen atoms in total. The molecule has 0 radical (unpaired) electrons. The van der Waals surface area contributed by atoms with E-state index in [9.17, 15) is 19.1 Å². The Bertz CT molecular complexity index is 647. The molecule has 130 valence electrons. The monoisotopic (exact) mass is 400 g/mol. The van der Waals surface area contributed by atoms with Crippen LogP contribution in [0.25, 0.3) is 0 Å². The second kappa shape index (κ2) is 6.58. The van der Waals surface area contributed by atoms with E-state index in [1.54, 1.807) is 6.07 Å². The number of nitrogens with one attached hydrogen (secondary N) is 1. The number of ether oxygens (including phenoxy) is 1. The highest BCUT2D eigenvalue weighted by molar-refractivity contribution is 9.10. The van der Waals surface area contributed by atoms with E-state index in [0.717, 1.165) is 19.3 Å².